The minimum absolute atomic E-state index is 0.491. The summed E-state index contributed by atoms with van der Waals surface area (Å²) in [4.78, 5) is 38.4. The summed E-state index contributed by atoms with van der Waals surface area (Å²) in [5.41, 5.74) is 1.15. The number of hydrogen-bond donors (Lipinski definition) is 0. The van der Waals surface area contributed by atoms with Crippen molar-refractivity contribution in [2.24, 2.45) is 11.8 Å². The van der Waals surface area contributed by atoms with Crippen LogP contribution in [0.3, 0.4) is 0 Å². The molecule has 0 unspecified atom stereocenters. The van der Waals surface area contributed by atoms with Crippen LogP contribution in [0.15, 0.2) is 24.3 Å². The normalized spacial score (nSPS) is 31.0. The van der Waals surface area contributed by atoms with E-state index in [0.29, 0.717) is 0 Å². The molecule has 23 heavy (non-hydrogen) atoms. The van der Waals surface area contributed by atoms with Gasteiger partial charge in [0.15, 0.2) is 0 Å². The van der Waals surface area contributed by atoms with E-state index in [1.54, 1.807) is 25.7 Å². The molecule has 0 saturated carbocycles. The number of esters is 2. The number of hydrogen-bond acceptors (Lipinski definition) is 5. The van der Waals surface area contributed by atoms with E-state index in [0.717, 1.165) is 11.1 Å². The first kappa shape index (κ1) is 14.2. The summed E-state index contributed by atoms with van der Waals surface area (Å²) in [6.07, 6.45) is -0.501. The fraction of sp³-hybridized carbons (Fsp3) is 0.471. The van der Waals surface area contributed by atoms with Gasteiger partial charge < -0.3 is 9.47 Å². The molecule has 4 atom stereocenters. The Balaban J connectivity index is 1.80. The molecule has 3 aliphatic heterocycles. The lowest BCUT2D eigenvalue weighted by Gasteiger charge is -2.28. The van der Waals surface area contributed by atoms with Crippen molar-refractivity contribution < 1.29 is 23.9 Å². The first-order valence-corrected chi connectivity index (χ1v) is 7.65. The Morgan fingerprint density at radius 2 is 1.52 bits per heavy atom. The molecule has 0 aromatic heterocycles. The molecule has 6 nitrogen and oxygen atoms in total. The van der Waals surface area contributed by atoms with Gasteiger partial charge in [0, 0.05) is 0 Å². The van der Waals surface area contributed by atoms with E-state index in [9.17, 15) is 14.4 Å². The second-order valence-corrected chi connectivity index (χ2v) is 7.20. The van der Waals surface area contributed by atoms with Gasteiger partial charge >= 0.3 is 18.0 Å². The zero-order valence-electron chi connectivity index (χ0n) is 13.1. The first-order valence-electron chi connectivity index (χ1n) is 7.65. The van der Waals surface area contributed by atoms with E-state index in [4.69, 9.17) is 9.47 Å². The fourth-order valence-electron chi connectivity index (χ4n) is 3.98. The molecule has 1 aromatic carbocycles. The van der Waals surface area contributed by atoms with Crippen molar-refractivity contribution in [1.82, 2.24) is 4.90 Å². The third-order valence-electron chi connectivity index (χ3n) is 4.65. The van der Waals surface area contributed by atoms with Gasteiger partial charge in [0.25, 0.3) is 0 Å². The molecule has 6 heteroatoms. The highest BCUT2D eigenvalue weighted by molar-refractivity contribution is 6.00. The average Bonchev–Trinajstić information content (AvgIpc) is 3.05. The van der Waals surface area contributed by atoms with Crippen LogP contribution in [-0.4, -0.2) is 28.5 Å². The topological polar surface area (TPSA) is 72.9 Å². The molecule has 0 N–H and O–H groups in total. The van der Waals surface area contributed by atoms with E-state index in [1.165, 1.54) is 0 Å². The predicted octanol–water partition coefficient (Wildman–Crippen LogP) is 2.35. The van der Waals surface area contributed by atoms with Crippen LogP contribution < -0.4 is 0 Å². The number of benzene rings is 1. The van der Waals surface area contributed by atoms with Gasteiger partial charge in [-0.25, -0.2) is 4.79 Å². The zero-order valence-corrected chi connectivity index (χ0v) is 13.1. The summed E-state index contributed by atoms with van der Waals surface area (Å²) in [6, 6.07) is 6.53. The molecule has 120 valence electrons. The largest absolute Gasteiger partial charge is 0.444 e. The van der Waals surface area contributed by atoms with E-state index < -0.39 is 47.6 Å². The van der Waals surface area contributed by atoms with Gasteiger partial charge in [0.1, 0.15) is 5.60 Å². The summed E-state index contributed by atoms with van der Waals surface area (Å²) in [7, 11) is 0. The number of carbonyl (C=O) groups excluding carboxylic acids is 3. The highest BCUT2D eigenvalue weighted by Gasteiger charge is 2.67. The molecular weight excluding hydrogens is 298 g/mol. The van der Waals surface area contributed by atoms with Crippen LogP contribution >= 0.6 is 0 Å². The summed E-state index contributed by atoms with van der Waals surface area (Å²) in [5, 5.41) is 0. The molecule has 4 rings (SSSR count). The molecule has 2 saturated heterocycles. The van der Waals surface area contributed by atoms with Gasteiger partial charge in [-0.1, -0.05) is 24.3 Å². The van der Waals surface area contributed by atoms with Crippen LogP contribution in [0.2, 0.25) is 0 Å². The van der Waals surface area contributed by atoms with Gasteiger partial charge in [0.05, 0.1) is 23.9 Å². The Kier molecular flexibility index (Phi) is 2.69. The van der Waals surface area contributed by atoms with E-state index in [-0.39, 0.29) is 0 Å². The molecule has 0 aliphatic carbocycles. The van der Waals surface area contributed by atoms with Crippen molar-refractivity contribution in [1.29, 1.82) is 0 Å². The van der Waals surface area contributed by atoms with Crippen molar-refractivity contribution in [3.63, 3.8) is 0 Å². The quantitative estimate of drug-likeness (QED) is 0.543. The van der Waals surface area contributed by atoms with E-state index >= 15 is 0 Å². The van der Waals surface area contributed by atoms with Crippen molar-refractivity contribution in [2.45, 2.75) is 38.5 Å². The predicted molar refractivity (Wildman–Crippen MR) is 78.1 cm³/mol. The van der Waals surface area contributed by atoms with Crippen molar-refractivity contribution in [3.8, 4) is 0 Å². The van der Waals surface area contributed by atoms with E-state index in [2.05, 4.69) is 0 Å². The molecule has 3 aliphatic rings. The number of carbonyl (C=O) groups is 3. The number of cyclic esters (lactones) is 2. The van der Waals surface area contributed by atoms with Crippen LogP contribution in [-0.2, 0) is 19.1 Å². The second-order valence-electron chi connectivity index (χ2n) is 7.20. The third kappa shape index (κ3) is 1.84. The first-order chi connectivity index (χ1) is 10.8. The average molecular weight is 315 g/mol. The number of ether oxygens (including phenoxy) is 2. The Morgan fingerprint density at radius 3 is 1.96 bits per heavy atom. The van der Waals surface area contributed by atoms with Crippen LogP contribution in [0.25, 0.3) is 0 Å². The van der Waals surface area contributed by atoms with Crippen LogP contribution in [0.5, 0.6) is 0 Å². The van der Waals surface area contributed by atoms with Gasteiger partial charge in [0.2, 0.25) is 0 Å². The summed E-state index contributed by atoms with van der Waals surface area (Å²) in [5.74, 6) is -2.35. The molecule has 0 spiro atoms. The van der Waals surface area contributed by atoms with Gasteiger partial charge in [-0.2, -0.15) is 0 Å². The van der Waals surface area contributed by atoms with Crippen LogP contribution in [0, 0.1) is 11.8 Å². The lowest BCUT2D eigenvalue weighted by Crippen LogP contribution is -2.36. The lowest BCUT2D eigenvalue weighted by atomic mass is 9.77. The SMILES string of the molecule is CC(C)(C)OC(=O)N1[C@@H]2c3ccccc3[C@H]1[C@H]1C(=O)OC(=O)[C@H]12. The Hall–Kier alpha value is -2.37. The molecule has 3 heterocycles. The van der Waals surface area contributed by atoms with Crippen LogP contribution in [0.4, 0.5) is 4.79 Å². The lowest BCUT2D eigenvalue weighted by molar-refractivity contribution is -0.155. The maximum Gasteiger partial charge on any atom is 0.411 e. The Bertz CT molecular complexity index is 688. The highest BCUT2D eigenvalue weighted by Crippen LogP contribution is 2.61. The van der Waals surface area contributed by atoms with Crippen molar-refractivity contribution in [2.75, 3.05) is 0 Å². The monoisotopic (exact) mass is 315 g/mol. The molecule has 2 bridgehead atoms. The maximum atomic E-state index is 12.7. The molecule has 1 amide bonds. The summed E-state index contributed by atoms with van der Waals surface area (Å²) < 4.78 is 10.3. The van der Waals surface area contributed by atoms with Gasteiger partial charge in [-0.05, 0) is 31.9 Å². The minimum atomic E-state index is -0.648. The van der Waals surface area contributed by atoms with Crippen molar-refractivity contribution in [3.05, 3.63) is 35.4 Å². The zero-order chi connectivity index (χ0) is 16.5. The summed E-state index contributed by atoms with van der Waals surface area (Å²) >= 11 is 0. The van der Waals surface area contributed by atoms with Crippen LogP contribution in [0.1, 0.15) is 44.0 Å². The Labute approximate surface area is 133 Å². The number of amides is 1. The number of nitrogens with zero attached hydrogens (tertiary/aromatic N) is 1. The van der Waals surface area contributed by atoms with Gasteiger partial charge in [-0.3, -0.25) is 14.5 Å². The molecule has 2 fully saturated rings. The third-order valence-corrected chi connectivity index (χ3v) is 4.65. The molecule has 1 aromatic rings. The Morgan fingerprint density at radius 1 is 1.04 bits per heavy atom. The standard InChI is InChI=1S/C17H17NO5/c1-17(2,3)23-16(21)18-12-8-6-4-5-7-9(8)13(18)11-10(12)14(19)22-15(11)20/h4-7,10-13H,1-3H3/t10-,11+,12-,13+. The maximum absolute atomic E-state index is 12.7. The number of fused-ring (bicyclic) bond motifs is 8. The highest BCUT2D eigenvalue weighted by atomic mass is 16.6. The van der Waals surface area contributed by atoms with E-state index in [1.807, 2.05) is 24.3 Å². The number of rotatable bonds is 0. The fourth-order valence-corrected chi connectivity index (χ4v) is 3.98. The second kappa shape index (κ2) is 4.34. The molecule has 0 radical (unpaired) electrons. The molecular formula is C17H17NO5. The minimum Gasteiger partial charge on any atom is -0.444 e. The van der Waals surface area contributed by atoms with Gasteiger partial charge in [-0.15, -0.1) is 0 Å². The van der Waals surface area contributed by atoms with Crippen molar-refractivity contribution >= 4 is 18.0 Å². The smallest absolute Gasteiger partial charge is 0.411 e. The summed E-state index contributed by atoms with van der Waals surface area (Å²) in [6.45, 7) is 5.36.